The zero-order valence-corrected chi connectivity index (χ0v) is 18.2. The van der Waals surface area contributed by atoms with Crippen molar-refractivity contribution in [3.05, 3.63) is 71.9 Å². The third kappa shape index (κ3) is 4.55. The van der Waals surface area contributed by atoms with Crippen LogP contribution in [0, 0.1) is 6.92 Å². The highest BCUT2D eigenvalue weighted by atomic mass is 32.2. The molecule has 2 aromatic carbocycles. The van der Waals surface area contributed by atoms with Crippen molar-refractivity contribution >= 4 is 34.1 Å². The summed E-state index contributed by atoms with van der Waals surface area (Å²) in [6.07, 6.45) is 3.50. The molecular formula is C22H20N4O2S2. The first-order valence-corrected chi connectivity index (χ1v) is 11.1. The fourth-order valence-electron chi connectivity index (χ4n) is 2.92. The largest absolute Gasteiger partial charge is 0.497 e. The van der Waals surface area contributed by atoms with Crippen LogP contribution >= 0.6 is 23.1 Å². The summed E-state index contributed by atoms with van der Waals surface area (Å²) in [4.78, 5) is 21.0. The molecule has 0 radical (unpaired) electrons. The Labute approximate surface area is 183 Å². The van der Waals surface area contributed by atoms with Gasteiger partial charge in [0.15, 0.2) is 10.3 Å². The maximum absolute atomic E-state index is 12.3. The van der Waals surface area contributed by atoms with Gasteiger partial charge in [0.05, 0.1) is 24.8 Å². The fourth-order valence-corrected chi connectivity index (χ4v) is 4.25. The Bertz CT molecular complexity index is 1120. The van der Waals surface area contributed by atoms with Gasteiger partial charge in [-0.15, -0.1) is 11.3 Å². The quantitative estimate of drug-likeness (QED) is 0.411. The minimum absolute atomic E-state index is 0.112. The van der Waals surface area contributed by atoms with E-state index in [0.717, 1.165) is 27.9 Å². The van der Waals surface area contributed by atoms with Crippen LogP contribution in [0.3, 0.4) is 0 Å². The normalized spacial score (nSPS) is 10.7. The molecule has 1 N–H and O–H groups in total. The van der Waals surface area contributed by atoms with Crippen LogP contribution in [0.1, 0.15) is 5.56 Å². The highest BCUT2D eigenvalue weighted by Gasteiger charge is 2.16. The smallest absolute Gasteiger partial charge is 0.236 e. The zero-order chi connectivity index (χ0) is 20.9. The van der Waals surface area contributed by atoms with Gasteiger partial charge < -0.3 is 10.1 Å². The number of thiazole rings is 1. The van der Waals surface area contributed by atoms with Gasteiger partial charge >= 0.3 is 0 Å². The molecular weight excluding hydrogens is 416 g/mol. The van der Waals surface area contributed by atoms with E-state index in [1.54, 1.807) is 13.3 Å². The molecule has 0 saturated carbocycles. The predicted octanol–water partition coefficient (Wildman–Crippen LogP) is 5.04. The summed E-state index contributed by atoms with van der Waals surface area (Å²) in [6.45, 7) is 2.06. The average molecular weight is 437 g/mol. The van der Waals surface area contributed by atoms with Gasteiger partial charge in [0, 0.05) is 22.8 Å². The molecule has 0 unspecified atom stereocenters. The lowest BCUT2D eigenvalue weighted by Crippen LogP contribution is -2.14. The number of nitrogens with zero attached hydrogens (tertiary/aromatic N) is 3. The molecule has 0 aliphatic rings. The summed E-state index contributed by atoms with van der Waals surface area (Å²) in [5.74, 6) is 0.929. The Morgan fingerprint density at radius 2 is 1.90 bits per heavy atom. The standard InChI is InChI=1S/C22H20N4O2S2/c1-15-3-7-17(8-4-15)26-19(16-5-9-18(28-2)10-6-16)13-24-22(26)30-14-20(27)25-21-23-11-12-29-21/h3-13H,14H2,1-2H3,(H,23,25,27). The number of aromatic nitrogens is 3. The number of carbonyl (C=O) groups is 1. The molecule has 2 heterocycles. The van der Waals surface area contributed by atoms with Gasteiger partial charge in [0.1, 0.15) is 5.75 Å². The maximum atomic E-state index is 12.3. The van der Waals surface area contributed by atoms with E-state index in [0.29, 0.717) is 5.13 Å². The van der Waals surface area contributed by atoms with E-state index in [4.69, 9.17) is 4.74 Å². The van der Waals surface area contributed by atoms with E-state index >= 15 is 0 Å². The van der Waals surface area contributed by atoms with Crippen molar-refractivity contribution < 1.29 is 9.53 Å². The van der Waals surface area contributed by atoms with Crippen molar-refractivity contribution in [3.63, 3.8) is 0 Å². The molecule has 1 amide bonds. The van der Waals surface area contributed by atoms with Crippen LogP contribution in [-0.4, -0.2) is 33.3 Å². The lowest BCUT2D eigenvalue weighted by atomic mass is 10.1. The van der Waals surface area contributed by atoms with Gasteiger partial charge in [-0.25, -0.2) is 9.97 Å². The van der Waals surface area contributed by atoms with Crippen LogP contribution in [-0.2, 0) is 4.79 Å². The number of benzene rings is 2. The number of aryl methyl sites for hydroxylation is 1. The van der Waals surface area contributed by atoms with Gasteiger partial charge in [0.25, 0.3) is 0 Å². The molecule has 8 heteroatoms. The summed E-state index contributed by atoms with van der Waals surface area (Å²) in [5, 5.41) is 5.98. The van der Waals surface area contributed by atoms with Gasteiger partial charge in [-0.3, -0.25) is 9.36 Å². The highest BCUT2D eigenvalue weighted by Crippen LogP contribution is 2.31. The monoisotopic (exact) mass is 436 g/mol. The van der Waals surface area contributed by atoms with Crippen LogP contribution in [0.2, 0.25) is 0 Å². The maximum Gasteiger partial charge on any atom is 0.236 e. The predicted molar refractivity (Wildman–Crippen MR) is 122 cm³/mol. The molecule has 0 bridgehead atoms. The molecule has 0 spiro atoms. The summed E-state index contributed by atoms with van der Waals surface area (Å²) in [6, 6.07) is 16.1. The Balaban J connectivity index is 1.63. The number of amides is 1. The van der Waals surface area contributed by atoms with Crippen molar-refractivity contribution in [1.29, 1.82) is 0 Å². The first-order valence-electron chi connectivity index (χ1n) is 9.25. The van der Waals surface area contributed by atoms with Crippen molar-refractivity contribution in [2.45, 2.75) is 12.1 Å². The van der Waals surface area contributed by atoms with E-state index < -0.39 is 0 Å². The summed E-state index contributed by atoms with van der Waals surface area (Å²) in [7, 11) is 1.65. The second-order valence-electron chi connectivity index (χ2n) is 6.50. The Kier molecular flexibility index (Phi) is 6.15. The van der Waals surface area contributed by atoms with E-state index in [1.165, 1.54) is 28.7 Å². The van der Waals surface area contributed by atoms with Crippen LogP contribution < -0.4 is 10.1 Å². The summed E-state index contributed by atoms with van der Waals surface area (Å²) < 4.78 is 7.34. The lowest BCUT2D eigenvalue weighted by Gasteiger charge is -2.13. The molecule has 0 atom stereocenters. The number of imidazole rings is 1. The number of carbonyl (C=O) groups excluding carboxylic acids is 1. The van der Waals surface area contributed by atoms with Crippen molar-refractivity contribution in [1.82, 2.24) is 14.5 Å². The number of methoxy groups -OCH3 is 1. The number of thioether (sulfide) groups is 1. The number of hydrogen-bond donors (Lipinski definition) is 1. The minimum atomic E-state index is -0.112. The minimum Gasteiger partial charge on any atom is -0.497 e. The van der Waals surface area contributed by atoms with Crippen molar-refractivity contribution in [3.8, 4) is 22.7 Å². The van der Waals surface area contributed by atoms with Gasteiger partial charge in [0.2, 0.25) is 5.91 Å². The summed E-state index contributed by atoms with van der Waals surface area (Å²) >= 11 is 2.79. The molecule has 30 heavy (non-hydrogen) atoms. The number of anilines is 1. The Morgan fingerprint density at radius 3 is 2.57 bits per heavy atom. The number of nitrogens with one attached hydrogen (secondary N) is 1. The van der Waals surface area contributed by atoms with Crippen LogP contribution in [0.5, 0.6) is 5.75 Å². The third-order valence-corrected chi connectivity index (χ3v) is 6.06. The lowest BCUT2D eigenvalue weighted by molar-refractivity contribution is -0.113. The van der Waals surface area contributed by atoms with E-state index in [2.05, 4.69) is 51.0 Å². The zero-order valence-electron chi connectivity index (χ0n) is 16.5. The number of hydrogen-bond acceptors (Lipinski definition) is 6. The number of rotatable bonds is 7. The van der Waals surface area contributed by atoms with Crippen LogP contribution in [0.25, 0.3) is 16.9 Å². The average Bonchev–Trinajstić information content (AvgIpc) is 3.43. The SMILES string of the molecule is COc1ccc(-c2cnc(SCC(=O)Nc3nccs3)n2-c2ccc(C)cc2)cc1. The van der Waals surface area contributed by atoms with E-state index in [1.807, 2.05) is 35.8 Å². The second kappa shape index (κ2) is 9.15. The highest BCUT2D eigenvalue weighted by molar-refractivity contribution is 7.99. The first-order chi connectivity index (χ1) is 14.6. The van der Waals surface area contributed by atoms with Crippen molar-refractivity contribution in [2.24, 2.45) is 0 Å². The molecule has 6 nitrogen and oxygen atoms in total. The summed E-state index contributed by atoms with van der Waals surface area (Å²) in [5.41, 5.74) is 4.14. The fraction of sp³-hybridized carbons (Fsp3) is 0.136. The van der Waals surface area contributed by atoms with Gasteiger partial charge in [-0.1, -0.05) is 29.5 Å². The first kappa shape index (κ1) is 20.2. The molecule has 0 saturated heterocycles. The van der Waals surface area contributed by atoms with Gasteiger partial charge in [-0.05, 0) is 43.3 Å². The van der Waals surface area contributed by atoms with E-state index in [-0.39, 0.29) is 11.7 Å². The molecule has 4 rings (SSSR count). The topological polar surface area (TPSA) is 69.0 Å². The van der Waals surface area contributed by atoms with Crippen LogP contribution in [0.4, 0.5) is 5.13 Å². The molecule has 4 aromatic rings. The van der Waals surface area contributed by atoms with Crippen molar-refractivity contribution in [2.75, 3.05) is 18.2 Å². The molecule has 152 valence electrons. The molecule has 2 aromatic heterocycles. The third-order valence-electron chi connectivity index (χ3n) is 4.42. The Hall–Kier alpha value is -3.10. The van der Waals surface area contributed by atoms with Crippen LogP contribution in [0.15, 0.2) is 71.5 Å². The molecule has 0 aliphatic carbocycles. The second-order valence-corrected chi connectivity index (χ2v) is 8.34. The Morgan fingerprint density at radius 1 is 1.13 bits per heavy atom. The molecule has 0 aliphatic heterocycles. The van der Waals surface area contributed by atoms with Gasteiger partial charge in [-0.2, -0.15) is 0 Å². The van der Waals surface area contributed by atoms with E-state index in [9.17, 15) is 4.79 Å². The number of ether oxygens (including phenoxy) is 1. The molecule has 0 fully saturated rings.